The third-order valence-electron chi connectivity index (χ3n) is 4.73. The highest BCUT2D eigenvalue weighted by Crippen LogP contribution is 2.59. The van der Waals surface area contributed by atoms with Gasteiger partial charge in [0.25, 0.3) is 0 Å². The maximum absolute atomic E-state index is 4.83. The number of aryl methyl sites for hydroxylation is 2. The van der Waals surface area contributed by atoms with Crippen LogP contribution in [0, 0.1) is 19.3 Å². The molecule has 1 aromatic rings. The molecule has 0 spiro atoms. The van der Waals surface area contributed by atoms with Gasteiger partial charge in [-0.05, 0) is 51.9 Å². The summed E-state index contributed by atoms with van der Waals surface area (Å²) in [6, 6.07) is 0.738. The molecule has 0 aromatic carbocycles. The standard InChI is InChI=1S/C14H22N2S/c1-9-10(2)17-12(15-9)14(4,13(3)7-8-13)16-11-5-6-11/h11,16H,5-8H2,1-4H3. The van der Waals surface area contributed by atoms with Crippen molar-refractivity contribution in [1.29, 1.82) is 0 Å². The van der Waals surface area contributed by atoms with E-state index in [2.05, 4.69) is 33.0 Å². The molecule has 2 nitrogen and oxygen atoms in total. The fraction of sp³-hybridized carbons (Fsp3) is 0.786. The molecule has 1 aromatic heterocycles. The van der Waals surface area contributed by atoms with E-state index in [0.29, 0.717) is 5.41 Å². The van der Waals surface area contributed by atoms with Crippen LogP contribution in [0.1, 0.15) is 55.1 Å². The maximum Gasteiger partial charge on any atom is 0.114 e. The van der Waals surface area contributed by atoms with Crippen LogP contribution in [0.4, 0.5) is 0 Å². The van der Waals surface area contributed by atoms with E-state index in [-0.39, 0.29) is 5.54 Å². The highest BCUT2D eigenvalue weighted by molar-refractivity contribution is 7.11. The molecule has 1 unspecified atom stereocenters. The van der Waals surface area contributed by atoms with Crippen molar-refractivity contribution in [3.63, 3.8) is 0 Å². The van der Waals surface area contributed by atoms with Gasteiger partial charge in [0.15, 0.2) is 0 Å². The highest BCUT2D eigenvalue weighted by Gasteiger charge is 2.56. The Balaban J connectivity index is 1.97. The minimum absolute atomic E-state index is 0.0951. The minimum atomic E-state index is 0.0951. The smallest absolute Gasteiger partial charge is 0.114 e. The Labute approximate surface area is 108 Å². The van der Waals surface area contributed by atoms with Crippen molar-refractivity contribution in [2.75, 3.05) is 0 Å². The van der Waals surface area contributed by atoms with Gasteiger partial charge in [0, 0.05) is 10.9 Å². The monoisotopic (exact) mass is 250 g/mol. The van der Waals surface area contributed by atoms with Crippen LogP contribution in [-0.4, -0.2) is 11.0 Å². The maximum atomic E-state index is 4.83. The second-order valence-electron chi connectivity index (χ2n) is 6.26. The van der Waals surface area contributed by atoms with Crippen LogP contribution in [0.15, 0.2) is 0 Å². The molecule has 3 heteroatoms. The molecule has 94 valence electrons. The van der Waals surface area contributed by atoms with Gasteiger partial charge in [-0.3, -0.25) is 0 Å². The van der Waals surface area contributed by atoms with E-state index in [1.807, 2.05) is 11.3 Å². The summed E-state index contributed by atoms with van der Waals surface area (Å²) in [4.78, 5) is 6.19. The summed E-state index contributed by atoms with van der Waals surface area (Å²) in [5.41, 5.74) is 1.72. The van der Waals surface area contributed by atoms with Crippen LogP contribution >= 0.6 is 11.3 Å². The number of nitrogens with zero attached hydrogens (tertiary/aromatic N) is 1. The lowest BCUT2D eigenvalue weighted by Gasteiger charge is -2.36. The van der Waals surface area contributed by atoms with E-state index in [9.17, 15) is 0 Å². The first kappa shape index (κ1) is 11.7. The van der Waals surface area contributed by atoms with Gasteiger partial charge < -0.3 is 5.32 Å². The summed E-state index contributed by atoms with van der Waals surface area (Å²) >= 11 is 1.88. The van der Waals surface area contributed by atoms with Gasteiger partial charge in [0.1, 0.15) is 5.01 Å². The van der Waals surface area contributed by atoms with Crippen LogP contribution in [0.3, 0.4) is 0 Å². The molecule has 2 aliphatic carbocycles. The quantitative estimate of drug-likeness (QED) is 0.884. The predicted octanol–water partition coefficient (Wildman–Crippen LogP) is 3.53. The van der Waals surface area contributed by atoms with Crippen LogP contribution in [0.5, 0.6) is 0 Å². The summed E-state index contributed by atoms with van der Waals surface area (Å²) in [6.45, 7) is 9.09. The first-order valence-electron chi connectivity index (χ1n) is 6.67. The van der Waals surface area contributed by atoms with Gasteiger partial charge in [-0.2, -0.15) is 0 Å². The highest BCUT2D eigenvalue weighted by atomic mass is 32.1. The van der Waals surface area contributed by atoms with Gasteiger partial charge in [-0.1, -0.05) is 6.92 Å². The van der Waals surface area contributed by atoms with Crippen molar-refractivity contribution in [3.05, 3.63) is 15.6 Å². The third-order valence-corrected chi connectivity index (χ3v) is 6.03. The molecule has 0 radical (unpaired) electrons. The average Bonchev–Trinajstić information content (AvgIpc) is 3.15. The Kier molecular flexibility index (Phi) is 2.43. The zero-order valence-corrected chi connectivity index (χ0v) is 12.1. The lowest BCUT2D eigenvalue weighted by Crippen LogP contribution is -2.47. The van der Waals surface area contributed by atoms with E-state index in [4.69, 9.17) is 4.98 Å². The number of aromatic nitrogens is 1. The van der Waals surface area contributed by atoms with Gasteiger partial charge >= 0.3 is 0 Å². The molecule has 0 bridgehead atoms. The summed E-state index contributed by atoms with van der Waals surface area (Å²) in [7, 11) is 0. The number of hydrogen-bond donors (Lipinski definition) is 1. The lowest BCUT2D eigenvalue weighted by atomic mass is 9.84. The van der Waals surface area contributed by atoms with E-state index >= 15 is 0 Å². The molecule has 1 heterocycles. The zero-order chi connectivity index (χ0) is 12.3. The number of hydrogen-bond acceptors (Lipinski definition) is 3. The summed E-state index contributed by atoms with van der Waals surface area (Å²) in [5, 5.41) is 5.18. The van der Waals surface area contributed by atoms with Gasteiger partial charge in [-0.25, -0.2) is 4.98 Å². The molecule has 0 amide bonds. The Morgan fingerprint density at radius 2 is 2.00 bits per heavy atom. The normalized spacial score (nSPS) is 25.6. The van der Waals surface area contributed by atoms with E-state index < -0.39 is 0 Å². The number of thiazole rings is 1. The molecule has 3 rings (SSSR count). The number of rotatable bonds is 4. The fourth-order valence-electron chi connectivity index (χ4n) is 2.50. The fourth-order valence-corrected chi connectivity index (χ4v) is 3.68. The largest absolute Gasteiger partial charge is 0.302 e. The average molecular weight is 250 g/mol. The van der Waals surface area contributed by atoms with Gasteiger partial charge in [0.05, 0.1) is 11.2 Å². The van der Waals surface area contributed by atoms with Crippen LogP contribution in [0.25, 0.3) is 0 Å². The van der Waals surface area contributed by atoms with E-state index in [1.54, 1.807) is 0 Å². The zero-order valence-electron chi connectivity index (χ0n) is 11.3. The predicted molar refractivity (Wildman–Crippen MR) is 72.4 cm³/mol. The van der Waals surface area contributed by atoms with Crippen molar-refractivity contribution < 1.29 is 0 Å². The molecule has 1 N–H and O–H groups in total. The van der Waals surface area contributed by atoms with Gasteiger partial charge in [-0.15, -0.1) is 11.3 Å². The Morgan fingerprint density at radius 1 is 1.35 bits per heavy atom. The second-order valence-corrected chi connectivity index (χ2v) is 7.47. The van der Waals surface area contributed by atoms with E-state index in [0.717, 1.165) is 6.04 Å². The van der Waals surface area contributed by atoms with Crippen LogP contribution < -0.4 is 5.32 Å². The molecule has 2 aliphatic rings. The molecule has 0 saturated heterocycles. The second kappa shape index (κ2) is 3.55. The summed E-state index contributed by atoms with van der Waals surface area (Å²) < 4.78 is 0. The van der Waals surface area contributed by atoms with Crippen LogP contribution in [-0.2, 0) is 5.54 Å². The first-order chi connectivity index (χ1) is 7.95. The minimum Gasteiger partial charge on any atom is -0.302 e. The molecule has 17 heavy (non-hydrogen) atoms. The Hall–Kier alpha value is -0.410. The van der Waals surface area contributed by atoms with Crippen molar-refractivity contribution in [3.8, 4) is 0 Å². The van der Waals surface area contributed by atoms with Crippen molar-refractivity contribution in [2.24, 2.45) is 5.41 Å². The summed E-state index contributed by atoms with van der Waals surface area (Å²) in [6.07, 6.45) is 5.35. The molecular formula is C14H22N2S. The Bertz CT molecular complexity index is 424. The van der Waals surface area contributed by atoms with Crippen molar-refractivity contribution in [2.45, 2.75) is 65.0 Å². The molecule has 2 saturated carbocycles. The number of nitrogens with one attached hydrogen (secondary N) is 1. The molecule has 1 atom stereocenters. The summed E-state index contributed by atoms with van der Waals surface area (Å²) in [5.74, 6) is 0. The molecular weight excluding hydrogens is 228 g/mol. The van der Waals surface area contributed by atoms with Gasteiger partial charge in [0.2, 0.25) is 0 Å². The first-order valence-corrected chi connectivity index (χ1v) is 7.48. The SMILES string of the molecule is Cc1nc(C(C)(NC2CC2)C2(C)CC2)sc1C. The van der Waals surface area contributed by atoms with E-state index in [1.165, 1.54) is 41.3 Å². The Morgan fingerprint density at radius 3 is 2.41 bits per heavy atom. The van der Waals surface area contributed by atoms with Crippen LogP contribution in [0.2, 0.25) is 0 Å². The molecule has 0 aliphatic heterocycles. The topological polar surface area (TPSA) is 24.9 Å². The van der Waals surface area contributed by atoms with Crippen molar-refractivity contribution >= 4 is 11.3 Å². The van der Waals surface area contributed by atoms with Crippen molar-refractivity contribution in [1.82, 2.24) is 10.3 Å². The third kappa shape index (κ3) is 1.84. The lowest BCUT2D eigenvalue weighted by molar-refractivity contribution is 0.222. The molecule has 2 fully saturated rings.